The molecule has 0 aliphatic carbocycles. The number of methoxy groups -OCH3 is 1. The lowest BCUT2D eigenvalue weighted by Gasteiger charge is -1.74. The van der Waals surface area contributed by atoms with Crippen LogP contribution in [0.3, 0.4) is 0 Å². The highest BCUT2D eigenvalue weighted by Crippen LogP contribution is 1.77. The van der Waals surface area contributed by atoms with Crippen LogP contribution in [-0.4, -0.2) is 29.4 Å². The second kappa shape index (κ2) is 15.6. The van der Waals surface area contributed by atoms with Crippen LogP contribution >= 0.6 is 0 Å². The minimum atomic E-state index is 0.815. The van der Waals surface area contributed by atoms with Crippen LogP contribution in [0.2, 0.25) is 10.6 Å². The summed E-state index contributed by atoms with van der Waals surface area (Å²) in [5.74, 6) is 0. The molecule has 49 valence electrons. The lowest BCUT2D eigenvalue weighted by molar-refractivity contribution is 0.277. The first-order valence-electron chi connectivity index (χ1n) is 3.05. The third-order valence-corrected chi connectivity index (χ3v) is 1.73. The third kappa shape index (κ3) is 31.5. The molecule has 0 amide bonds. The van der Waals surface area contributed by atoms with Crippen molar-refractivity contribution in [2.75, 3.05) is 14.2 Å². The molecule has 0 rings (SSSR count). The van der Waals surface area contributed by atoms with Gasteiger partial charge in [-0.1, -0.05) is 13.8 Å². The van der Waals surface area contributed by atoms with Gasteiger partial charge in [0.2, 0.25) is 0 Å². The Kier molecular flexibility index (Phi) is 22.1. The summed E-state index contributed by atoms with van der Waals surface area (Å²) in [6.07, 6.45) is 0. The minimum Gasteiger partial charge on any atom is -0.388 e. The lowest BCUT2D eigenvalue weighted by Crippen LogP contribution is -1.76. The van der Waals surface area contributed by atoms with Crippen LogP contribution in [0.4, 0.5) is 0 Å². The van der Waals surface area contributed by atoms with E-state index in [2.05, 4.69) is 18.6 Å². The molecule has 0 spiro atoms. The number of rotatable bonds is 2. The summed E-state index contributed by atoms with van der Waals surface area (Å²) in [4.78, 5) is 0. The molecule has 0 saturated heterocycles. The van der Waals surface area contributed by atoms with Crippen LogP contribution in [0, 0.1) is 0 Å². The fourth-order valence-electron chi connectivity index (χ4n) is 0.289. The summed E-state index contributed by atoms with van der Waals surface area (Å²) >= 11 is 0.815. The molecule has 2 heteroatoms. The zero-order chi connectivity index (χ0) is 6.83. The van der Waals surface area contributed by atoms with Crippen molar-refractivity contribution in [3.63, 3.8) is 0 Å². The van der Waals surface area contributed by atoms with E-state index < -0.39 is 0 Å². The van der Waals surface area contributed by atoms with Gasteiger partial charge in [0.05, 0.1) is 0 Å². The quantitative estimate of drug-likeness (QED) is 0.519. The van der Waals surface area contributed by atoms with E-state index >= 15 is 0 Å². The molecule has 0 N–H and O–H groups in total. The maximum atomic E-state index is 4.25. The maximum Gasteiger partial charge on any atom is 0.198 e. The molecule has 0 aromatic carbocycles. The highest BCUT2D eigenvalue weighted by molar-refractivity contribution is 6.34. The SMILES string of the molecule is COC.C[CH2][Al][CH2]C. The molecule has 0 heterocycles. The average Bonchev–Trinajstić information content (AvgIpc) is 1.71. The van der Waals surface area contributed by atoms with Gasteiger partial charge >= 0.3 is 0 Å². The zero-order valence-corrected chi connectivity index (χ0v) is 7.55. The molecule has 1 nitrogen and oxygen atoms in total. The first-order valence-corrected chi connectivity index (χ1v) is 4.68. The second-order valence-electron chi connectivity index (χ2n) is 1.51. The largest absolute Gasteiger partial charge is 0.388 e. The molecule has 0 atom stereocenters. The molecule has 1 radical (unpaired) electrons. The van der Waals surface area contributed by atoms with E-state index in [4.69, 9.17) is 0 Å². The highest BCUT2D eigenvalue weighted by atomic mass is 27.1. The predicted octanol–water partition coefficient (Wildman–Crippen LogP) is 1.83. The fourth-order valence-corrected chi connectivity index (χ4v) is 0.866. The van der Waals surface area contributed by atoms with Crippen molar-refractivity contribution in [3.05, 3.63) is 0 Å². The summed E-state index contributed by atoms with van der Waals surface area (Å²) in [5, 5.41) is 2.85. The first-order chi connectivity index (χ1) is 3.83. The van der Waals surface area contributed by atoms with Crippen molar-refractivity contribution in [2.45, 2.75) is 24.4 Å². The second-order valence-corrected chi connectivity index (χ2v) is 3.72. The summed E-state index contributed by atoms with van der Waals surface area (Å²) < 4.78 is 4.25. The van der Waals surface area contributed by atoms with E-state index in [1.54, 1.807) is 14.2 Å². The maximum absolute atomic E-state index is 4.25. The fraction of sp³-hybridized carbons (Fsp3) is 1.00. The molecular formula is C6H16AlO. The average molecular weight is 131 g/mol. The molecule has 0 unspecified atom stereocenters. The van der Waals surface area contributed by atoms with Gasteiger partial charge in [-0.15, -0.1) is 10.6 Å². The standard InChI is InChI=1S/C2H6O.2C2H5.Al/c1-3-2;2*1-2;/h1-2H3;2*1H2,2H3;. The molecule has 0 aromatic rings. The van der Waals surface area contributed by atoms with Gasteiger partial charge in [-0.3, -0.25) is 0 Å². The number of ether oxygens (including phenoxy) is 1. The molecule has 0 bridgehead atoms. The molecule has 8 heavy (non-hydrogen) atoms. The molecule has 0 aliphatic rings. The van der Waals surface area contributed by atoms with Crippen LogP contribution in [0.15, 0.2) is 0 Å². The van der Waals surface area contributed by atoms with Gasteiger partial charge in [0.25, 0.3) is 0 Å². The highest BCUT2D eigenvalue weighted by Gasteiger charge is 1.74. The summed E-state index contributed by atoms with van der Waals surface area (Å²) in [6, 6.07) is 0. The molecular weight excluding hydrogens is 115 g/mol. The van der Waals surface area contributed by atoms with E-state index in [9.17, 15) is 0 Å². The Labute approximate surface area is 59.1 Å². The monoisotopic (exact) mass is 131 g/mol. The minimum absolute atomic E-state index is 0.815. The Bertz CT molecular complexity index is 22.5. The predicted molar refractivity (Wildman–Crippen MR) is 39.6 cm³/mol. The van der Waals surface area contributed by atoms with Gasteiger partial charge in [0.15, 0.2) is 15.2 Å². The smallest absolute Gasteiger partial charge is 0.198 e. The van der Waals surface area contributed by atoms with E-state index in [-0.39, 0.29) is 0 Å². The van der Waals surface area contributed by atoms with E-state index in [1.165, 1.54) is 10.6 Å². The van der Waals surface area contributed by atoms with Crippen LogP contribution in [0.1, 0.15) is 13.8 Å². The lowest BCUT2D eigenvalue weighted by atomic mass is 10.9. The van der Waals surface area contributed by atoms with Gasteiger partial charge < -0.3 is 4.74 Å². The molecule has 0 saturated carbocycles. The van der Waals surface area contributed by atoms with E-state index in [0.717, 1.165) is 15.2 Å². The van der Waals surface area contributed by atoms with Gasteiger partial charge in [-0.2, -0.15) is 0 Å². The number of hydrogen-bond acceptors (Lipinski definition) is 1. The van der Waals surface area contributed by atoms with E-state index in [1.807, 2.05) is 0 Å². The third-order valence-electron chi connectivity index (χ3n) is 0.577. The van der Waals surface area contributed by atoms with Crippen molar-refractivity contribution in [3.8, 4) is 0 Å². The van der Waals surface area contributed by atoms with Crippen LogP contribution in [-0.2, 0) is 4.74 Å². The van der Waals surface area contributed by atoms with Crippen LogP contribution in [0.5, 0.6) is 0 Å². The van der Waals surface area contributed by atoms with Crippen molar-refractivity contribution < 1.29 is 4.74 Å². The van der Waals surface area contributed by atoms with Crippen LogP contribution in [0.25, 0.3) is 0 Å². The van der Waals surface area contributed by atoms with Gasteiger partial charge in [-0.25, -0.2) is 0 Å². The molecule has 0 aliphatic heterocycles. The summed E-state index contributed by atoms with van der Waals surface area (Å²) in [6.45, 7) is 4.50. The van der Waals surface area contributed by atoms with Gasteiger partial charge in [-0.05, 0) is 0 Å². The summed E-state index contributed by atoms with van der Waals surface area (Å²) in [7, 11) is 3.25. The first kappa shape index (κ1) is 11.3. The normalized spacial score (nSPS) is 7.00. The van der Waals surface area contributed by atoms with Gasteiger partial charge in [0.1, 0.15) is 0 Å². The van der Waals surface area contributed by atoms with E-state index in [0.29, 0.717) is 0 Å². The van der Waals surface area contributed by atoms with Crippen molar-refractivity contribution in [1.29, 1.82) is 0 Å². The number of hydrogen-bond donors (Lipinski definition) is 0. The Hall–Kier alpha value is 0.492. The Morgan fingerprint density at radius 1 is 1.12 bits per heavy atom. The van der Waals surface area contributed by atoms with Crippen LogP contribution < -0.4 is 0 Å². The summed E-state index contributed by atoms with van der Waals surface area (Å²) in [5.41, 5.74) is 0. The van der Waals surface area contributed by atoms with Crippen molar-refractivity contribution in [1.82, 2.24) is 0 Å². The molecule has 0 aromatic heterocycles. The topological polar surface area (TPSA) is 9.23 Å². The van der Waals surface area contributed by atoms with Crippen molar-refractivity contribution >= 4 is 15.2 Å². The Balaban J connectivity index is 0. The van der Waals surface area contributed by atoms with Gasteiger partial charge in [0, 0.05) is 14.2 Å². The Morgan fingerprint density at radius 3 is 1.38 bits per heavy atom. The Morgan fingerprint density at radius 2 is 1.38 bits per heavy atom. The zero-order valence-electron chi connectivity index (χ0n) is 6.40. The van der Waals surface area contributed by atoms with Crippen molar-refractivity contribution in [2.24, 2.45) is 0 Å². The molecule has 0 fully saturated rings.